The van der Waals surface area contributed by atoms with Crippen LogP contribution in [0.5, 0.6) is 0 Å². The van der Waals surface area contributed by atoms with Gasteiger partial charge in [0.1, 0.15) is 11.9 Å². The first-order valence-electron chi connectivity index (χ1n) is 7.80. The van der Waals surface area contributed by atoms with E-state index in [4.69, 9.17) is 19.4 Å². The Balaban J connectivity index is 2.45. The predicted molar refractivity (Wildman–Crippen MR) is 83.4 cm³/mol. The number of fused-ring (bicyclic) bond motifs is 1. The Bertz CT molecular complexity index is 483. The van der Waals surface area contributed by atoms with Crippen molar-refractivity contribution in [1.29, 1.82) is 0 Å². The summed E-state index contributed by atoms with van der Waals surface area (Å²) in [5, 5.41) is 3.34. The van der Waals surface area contributed by atoms with Crippen molar-refractivity contribution in [1.82, 2.24) is 9.97 Å². The maximum atomic E-state index is 5.93. The number of anilines is 1. The standard InChI is InChI=1S/C16H27N3O2/c1-6-17-14-11-10-20-9-8-12(11)18-15(19-14)13(21-7-2)16(3,4)5/h13H,6-10H2,1-5H3,(H,17,18,19). The van der Waals surface area contributed by atoms with Gasteiger partial charge in [-0.15, -0.1) is 0 Å². The van der Waals surface area contributed by atoms with Gasteiger partial charge in [-0.25, -0.2) is 9.97 Å². The third kappa shape index (κ3) is 3.71. The number of rotatable bonds is 5. The Kier molecular flexibility index (Phi) is 5.17. The molecule has 0 spiro atoms. The van der Waals surface area contributed by atoms with E-state index < -0.39 is 0 Å². The highest BCUT2D eigenvalue weighted by Crippen LogP contribution is 2.36. The van der Waals surface area contributed by atoms with Crippen molar-refractivity contribution in [3.05, 3.63) is 17.1 Å². The smallest absolute Gasteiger partial charge is 0.160 e. The van der Waals surface area contributed by atoms with Crippen LogP contribution in [0.15, 0.2) is 0 Å². The highest BCUT2D eigenvalue weighted by atomic mass is 16.5. The normalized spacial score (nSPS) is 16.4. The summed E-state index contributed by atoms with van der Waals surface area (Å²) < 4.78 is 11.5. The summed E-state index contributed by atoms with van der Waals surface area (Å²) in [6.45, 7) is 13.4. The summed E-state index contributed by atoms with van der Waals surface area (Å²) in [6, 6.07) is 0. The second kappa shape index (κ2) is 6.71. The molecule has 0 fully saturated rings. The van der Waals surface area contributed by atoms with Gasteiger partial charge in [0.15, 0.2) is 5.82 Å². The van der Waals surface area contributed by atoms with Crippen LogP contribution < -0.4 is 5.32 Å². The summed E-state index contributed by atoms with van der Waals surface area (Å²) in [4.78, 5) is 9.52. The quantitative estimate of drug-likeness (QED) is 0.904. The van der Waals surface area contributed by atoms with Crippen molar-refractivity contribution in [2.45, 2.75) is 53.8 Å². The number of nitrogens with zero attached hydrogens (tertiary/aromatic N) is 2. The highest BCUT2D eigenvalue weighted by molar-refractivity contribution is 5.47. The van der Waals surface area contributed by atoms with E-state index in [9.17, 15) is 0 Å². The van der Waals surface area contributed by atoms with Gasteiger partial charge in [0.25, 0.3) is 0 Å². The second-order valence-corrected chi connectivity index (χ2v) is 6.39. The van der Waals surface area contributed by atoms with E-state index in [1.807, 2.05) is 6.92 Å². The lowest BCUT2D eigenvalue weighted by Crippen LogP contribution is -2.26. The van der Waals surface area contributed by atoms with Crippen LogP contribution in [-0.2, 0) is 22.5 Å². The summed E-state index contributed by atoms with van der Waals surface area (Å²) in [6.07, 6.45) is 0.736. The van der Waals surface area contributed by atoms with Crippen LogP contribution in [0.3, 0.4) is 0 Å². The SMILES string of the molecule is CCNc1nc(C(OCC)C(C)(C)C)nc2c1COCC2. The van der Waals surface area contributed by atoms with E-state index >= 15 is 0 Å². The summed E-state index contributed by atoms with van der Waals surface area (Å²) in [5.41, 5.74) is 2.14. The van der Waals surface area contributed by atoms with Crippen LogP contribution in [0.4, 0.5) is 5.82 Å². The van der Waals surface area contributed by atoms with Gasteiger partial charge in [0.2, 0.25) is 0 Å². The molecule has 118 valence electrons. The predicted octanol–water partition coefficient (Wildman–Crippen LogP) is 3.10. The van der Waals surface area contributed by atoms with Gasteiger partial charge in [-0.1, -0.05) is 20.8 Å². The molecule has 0 bridgehead atoms. The number of hydrogen-bond donors (Lipinski definition) is 1. The van der Waals surface area contributed by atoms with Crippen LogP contribution in [0.1, 0.15) is 57.8 Å². The lowest BCUT2D eigenvalue weighted by atomic mass is 9.88. The third-order valence-electron chi connectivity index (χ3n) is 3.54. The van der Waals surface area contributed by atoms with Gasteiger partial charge in [0.05, 0.1) is 18.9 Å². The van der Waals surface area contributed by atoms with E-state index in [0.717, 1.165) is 42.5 Å². The van der Waals surface area contributed by atoms with Gasteiger partial charge >= 0.3 is 0 Å². The molecule has 2 heterocycles. The number of nitrogens with one attached hydrogen (secondary N) is 1. The molecular weight excluding hydrogens is 266 g/mol. The van der Waals surface area contributed by atoms with Gasteiger partial charge in [-0.2, -0.15) is 0 Å². The van der Waals surface area contributed by atoms with E-state index in [-0.39, 0.29) is 11.5 Å². The van der Waals surface area contributed by atoms with E-state index in [1.165, 1.54) is 0 Å². The van der Waals surface area contributed by atoms with Crippen molar-refractivity contribution >= 4 is 5.82 Å². The molecule has 0 aromatic carbocycles. The minimum atomic E-state index is -0.104. The minimum Gasteiger partial charge on any atom is -0.376 e. The van der Waals surface area contributed by atoms with E-state index in [0.29, 0.717) is 13.2 Å². The highest BCUT2D eigenvalue weighted by Gasteiger charge is 2.31. The maximum Gasteiger partial charge on any atom is 0.160 e. The van der Waals surface area contributed by atoms with Gasteiger partial charge in [0, 0.05) is 25.1 Å². The summed E-state index contributed by atoms with van der Waals surface area (Å²) in [5.74, 6) is 1.67. The molecule has 0 aliphatic carbocycles. The summed E-state index contributed by atoms with van der Waals surface area (Å²) >= 11 is 0. The van der Waals surface area contributed by atoms with Crippen LogP contribution in [-0.4, -0.2) is 29.7 Å². The molecule has 1 aromatic heterocycles. The number of hydrogen-bond acceptors (Lipinski definition) is 5. The maximum absolute atomic E-state index is 5.93. The van der Waals surface area contributed by atoms with Crippen molar-refractivity contribution in [3.8, 4) is 0 Å². The first-order valence-corrected chi connectivity index (χ1v) is 7.80. The van der Waals surface area contributed by atoms with Crippen LogP contribution in [0.25, 0.3) is 0 Å². The Morgan fingerprint density at radius 3 is 2.67 bits per heavy atom. The van der Waals surface area contributed by atoms with Gasteiger partial charge < -0.3 is 14.8 Å². The molecule has 1 aromatic rings. The lowest BCUT2D eigenvalue weighted by Gasteiger charge is -2.30. The molecule has 0 saturated carbocycles. The Morgan fingerprint density at radius 1 is 1.29 bits per heavy atom. The van der Waals surface area contributed by atoms with E-state index in [2.05, 4.69) is 33.0 Å². The first-order chi connectivity index (χ1) is 9.97. The average Bonchev–Trinajstić information content (AvgIpc) is 2.43. The lowest BCUT2D eigenvalue weighted by molar-refractivity contribution is -0.0194. The molecule has 1 unspecified atom stereocenters. The molecule has 2 rings (SSSR count). The third-order valence-corrected chi connectivity index (χ3v) is 3.54. The molecule has 1 aliphatic heterocycles. The van der Waals surface area contributed by atoms with Crippen LogP contribution in [0, 0.1) is 5.41 Å². The molecule has 1 atom stereocenters. The molecule has 1 aliphatic rings. The number of ether oxygens (including phenoxy) is 2. The van der Waals surface area contributed by atoms with Crippen LogP contribution >= 0.6 is 0 Å². The zero-order valence-electron chi connectivity index (χ0n) is 13.8. The fourth-order valence-corrected chi connectivity index (χ4v) is 2.56. The number of aromatic nitrogens is 2. The van der Waals surface area contributed by atoms with Crippen LogP contribution in [0.2, 0.25) is 0 Å². The van der Waals surface area contributed by atoms with E-state index in [1.54, 1.807) is 0 Å². The first kappa shape index (κ1) is 16.2. The molecule has 1 N–H and O–H groups in total. The second-order valence-electron chi connectivity index (χ2n) is 6.39. The monoisotopic (exact) mass is 293 g/mol. The molecule has 5 heteroatoms. The van der Waals surface area contributed by atoms with Crippen molar-refractivity contribution in [2.24, 2.45) is 5.41 Å². The molecule has 0 amide bonds. The molecular formula is C16H27N3O2. The molecule has 21 heavy (non-hydrogen) atoms. The topological polar surface area (TPSA) is 56.3 Å². The van der Waals surface area contributed by atoms with Crippen molar-refractivity contribution in [2.75, 3.05) is 25.1 Å². The van der Waals surface area contributed by atoms with Crippen molar-refractivity contribution in [3.63, 3.8) is 0 Å². The Hall–Kier alpha value is -1.20. The van der Waals surface area contributed by atoms with Gasteiger partial charge in [-0.05, 0) is 19.3 Å². The van der Waals surface area contributed by atoms with Crippen molar-refractivity contribution < 1.29 is 9.47 Å². The Morgan fingerprint density at radius 2 is 2.05 bits per heavy atom. The molecule has 0 saturated heterocycles. The average molecular weight is 293 g/mol. The molecule has 0 radical (unpaired) electrons. The largest absolute Gasteiger partial charge is 0.376 e. The zero-order chi connectivity index (χ0) is 15.5. The van der Waals surface area contributed by atoms with Gasteiger partial charge in [-0.3, -0.25) is 0 Å². The fourth-order valence-electron chi connectivity index (χ4n) is 2.56. The summed E-state index contributed by atoms with van der Waals surface area (Å²) in [7, 11) is 0. The molecule has 5 nitrogen and oxygen atoms in total. The zero-order valence-corrected chi connectivity index (χ0v) is 13.8. The minimum absolute atomic E-state index is 0.0428. The Labute approximate surface area is 127 Å². The fraction of sp³-hybridized carbons (Fsp3) is 0.750.